The lowest BCUT2D eigenvalue weighted by molar-refractivity contribution is 0.133. The number of nitriles is 1. The fourth-order valence-corrected chi connectivity index (χ4v) is 3.38. The van der Waals surface area contributed by atoms with Gasteiger partial charge in [0, 0.05) is 32.7 Å². The maximum atomic E-state index is 12.6. The zero-order chi connectivity index (χ0) is 19.2. The Bertz CT molecular complexity index is 817. The lowest BCUT2D eigenvalue weighted by Gasteiger charge is -2.35. The fourth-order valence-electron chi connectivity index (χ4n) is 3.38. The summed E-state index contributed by atoms with van der Waals surface area (Å²) in [5.41, 5.74) is 4.23. The van der Waals surface area contributed by atoms with Gasteiger partial charge in [-0.2, -0.15) is 5.26 Å². The molecule has 140 valence electrons. The second kappa shape index (κ2) is 8.70. The van der Waals surface area contributed by atoms with Crippen LogP contribution < -0.4 is 5.32 Å². The molecular weight excluding hydrogens is 336 g/mol. The Morgan fingerprint density at radius 1 is 1.15 bits per heavy atom. The summed E-state index contributed by atoms with van der Waals surface area (Å²) in [6.07, 6.45) is 0. The third-order valence-corrected chi connectivity index (χ3v) is 5.03. The van der Waals surface area contributed by atoms with Crippen LogP contribution >= 0.6 is 0 Å². The maximum absolute atomic E-state index is 12.6. The smallest absolute Gasteiger partial charge is 0.317 e. The van der Waals surface area contributed by atoms with Crippen LogP contribution in [0.2, 0.25) is 0 Å². The van der Waals surface area contributed by atoms with E-state index in [1.807, 2.05) is 24.0 Å². The van der Waals surface area contributed by atoms with Crippen molar-refractivity contribution in [2.45, 2.75) is 26.4 Å². The van der Waals surface area contributed by atoms with Crippen molar-refractivity contribution in [3.05, 3.63) is 70.8 Å². The minimum Gasteiger partial charge on any atom is -0.331 e. The molecule has 0 saturated carbocycles. The van der Waals surface area contributed by atoms with Crippen LogP contribution in [0.5, 0.6) is 0 Å². The van der Waals surface area contributed by atoms with Gasteiger partial charge in [-0.1, -0.05) is 42.0 Å². The molecular formula is C22H26N4O. The Labute approximate surface area is 161 Å². The van der Waals surface area contributed by atoms with Crippen LogP contribution in [0.25, 0.3) is 0 Å². The third-order valence-electron chi connectivity index (χ3n) is 5.03. The molecule has 0 radical (unpaired) electrons. The van der Waals surface area contributed by atoms with Crippen molar-refractivity contribution in [3.63, 3.8) is 0 Å². The Balaban J connectivity index is 1.48. The van der Waals surface area contributed by atoms with Crippen molar-refractivity contribution < 1.29 is 4.79 Å². The number of rotatable bonds is 4. The lowest BCUT2D eigenvalue weighted by Crippen LogP contribution is -2.51. The van der Waals surface area contributed by atoms with E-state index in [4.69, 9.17) is 5.26 Å². The molecule has 1 atom stereocenters. The summed E-state index contributed by atoms with van der Waals surface area (Å²) >= 11 is 0. The largest absolute Gasteiger partial charge is 0.331 e. The Hall–Kier alpha value is -2.84. The van der Waals surface area contributed by atoms with E-state index < -0.39 is 0 Å². The van der Waals surface area contributed by atoms with Crippen LogP contribution in [0.15, 0.2) is 48.5 Å². The van der Waals surface area contributed by atoms with Gasteiger partial charge in [0.25, 0.3) is 0 Å². The Morgan fingerprint density at radius 2 is 1.85 bits per heavy atom. The maximum Gasteiger partial charge on any atom is 0.317 e. The van der Waals surface area contributed by atoms with Crippen molar-refractivity contribution >= 4 is 6.03 Å². The highest BCUT2D eigenvalue weighted by atomic mass is 16.2. The third kappa shape index (κ3) is 5.08. The second-order valence-electron chi connectivity index (χ2n) is 7.16. The van der Waals surface area contributed by atoms with E-state index in [9.17, 15) is 4.79 Å². The molecule has 1 aliphatic heterocycles. The number of aryl methyl sites for hydroxylation is 1. The monoisotopic (exact) mass is 362 g/mol. The normalized spacial score (nSPS) is 15.8. The number of amides is 2. The molecule has 0 spiro atoms. The predicted octanol–water partition coefficient (Wildman–Crippen LogP) is 3.46. The number of hydrogen-bond donors (Lipinski definition) is 1. The molecule has 2 aromatic rings. The molecule has 0 aromatic heterocycles. The van der Waals surface area contributed by atoms with Crippen LogP contribution in [-0.4, -0.2) is 42.0 Å². The summed E-state index contributed by atoms with van der Waals surface area (Å²) < 4.78 is 0. The van der Waals surface area contributed by atoms with Crippen LogP contribution in [-0.2, 0) is 6.54 Å². The first-order chi connectivity index (χ1) is 13.0. The van der Waals surface area contributed by atoms with Gasteiger partial charge in [0.05, 0.1) is 17.7 Å². The zero-order valence-electron chi connectivity index (χ0n) is 16.0. The number of carbonyl (C=O) groups excluding carboxylic acids is 1. The van der Waals surface area contributed by atoms with Gasteiger partial charge < -0.3 is 10.2 Å². The van der Waals surface area contributed by atoms with E-state index in [0.29, 0.717) is 5.56 Å². The summed E-state index contributed by atoms with van der Waals surface area (Å²) in [4.78, 5) is 16.8. The molecule has 0 aliphatic carbocycles. The topological polar surface area (TPSA) is 59.4 Å². The van der Waals surface area contributed by atoms with E-state index in [0.717, 1.165) is 38.3 Å². The average Bonchev–Trinajstić information content (AvgIpc) is 2.68. The van der Waals surface area contributed by atoms with Crippen molar-refractivity contribution in [3.8, 4) is 6.07 Å². The van der Waals surface area contributed by atoms with E-state index in [1.165, 1.54) is 11.1 Å². The highest BCUT2D eigenvalue weighted by Gasteiger charge is 2.22. The van der Waals surface area contributed by atoms with Gasteiger partial charge in [0.15, 0.2) is 0 Å². The highest BCUT2D eigenvalue weighted by Crippen LogP contribution is 2.15. The minimum absolute atomic E-state index is 0.0259. The standard InChI is InChI=1S/C22H26N4O/c1-17-4-3-5-20(14-17)16-25-10-12-26(13-11-25)22(27)24-18(2)21-8-6-19(15-23)7-9-21/h3-9,14,18H,10-13,16H2,1-2H3,(H,24,27). The molecule has 1 heterocycles. The SMILES string of the molecule is Cc1cccc(CN2CCN(C(=O)NC(C)c3ccc(C#N)cc3)CC2)c1. The van der Waals surface area contributed by atoms with Gasteiger partial charge in [0.1, 0.15) is 0 Å². The van der Waals surface area contributed by atoms with Crippen LogP contribution in [0.4, 0.5) is 4.79 Å². The van der Waals surface area contributed by atoms with Gasteiger partial charge >= 0.3 is 6.03 Å². The quantitative estimate of drug-likeness (QED) is 0.906. The molecule has 2 amide bonds. The van der Waals surface area contributed by atoms with Crippen molar-refractivity contribution in [1.29, 1.82) is 5.26 Å². The number of urea groups is 1. The van der Waals surface area contributed by atoms with Crippen molar-refractivity contribution in [1.82, 2.24) is 15.1 Å². The zero-order valence-corrected chi connectivity index (χ0v) is 16.0. The van der Waals surface area contributed by atoms with Gasteiger partial charge in [-0.05, 0) is 37.1 Å². The first-order valence-corrected chi connectivity index (χ1v) is 9.38. The van der Waals surface area contributed by atoms with Crippen molar-refractivity contribution in [2.24, 2.45) is 0 Å². The average molecular weight is 362 g/mol. The van der Waals surface area contributed by atoms with E-state index in [-0.39, 0.29) is 12.1 Å². The second-order valence-corrected chi connectivity index (χ2v) is 7.16. The van der Waals surface area contributed by atoms with E-state index >= 15 is 0 Å². The van der Waals surface area contributed by atoms with Crippen LogP contribution in [0, 0.1) is 18.3 Å². The first kappa shape index (κ1) is 18.9. The molecule has 1 unspecified atom stereocenters. The van der Waals surface area contributed by atoms with E-state index in [2.05, 4.69) is 47.5 Å². The molecule has 1 fully saturated rings. The van der Waals surface area contributed by atoms with Gasteiger partial charge in [0.2, 0.25) is 0 Å². The summed E-state index contributed by atoms with van der Waals surface area (Å²) in [7, 11) is 0. The number of hydrogen-bond acceptors (Lipinski definition) is 3. The summed E-state index contributed by atoms with van der Waals surface area (Å²) in [6, 6.07) is 17.9. The number of benzene rings is 2. The Kier molecular flexibility index (Phi) is 6.10. The molecule has 1 aliphatic rings. The summed E-state index contributed by atoms with van der Waals surface area (Å²) in [5.74, 6) is 0. The molecule has 27 heavy (non-hydrogen) atoms. The molecule has 3 rings (SSSR count). The fraction of sp³-hybridized carbons (Fsp3) is 0.364. The number of piperazine rings is 1. The van der Waals surface area contributed by atoms with Gasteiger partial charge in [-0.25, -0.2) is 4.79 Å². The van der Waals surface area contributed by atoms with Crippen LogP contribution in [0.3, 0.4) is 0 Å². The molecule has 0 bridgehead atoms. The first-order valence-electron chi connectivity index (χ1n) is 9.38. The number of carbonyl (C=O) groups is 1. The predicted molar refractivity (Wildman–Crippen MR) is 106 cm³/mol. The lowest BCUT2D eigenvalue weighted by atomic mass is 10.1. The van der Waals surface area contributed by atoms with Crippen molar-refractivity contribution in [2.75, 3.05) is 26.2 Å². The molecule has 2 aromatic carbocycles. The number of nitrogens with zero attached hydrogens (tertiary/aromatic N) is 3. The summed E-state index contributed by atoms with van der Waals surface area (Å²) in [5, 5.41) is 11.9. The molecule has 1 N–H and O–H groups in total. The minimum atomic E-state index is -0.0874. The van der Waals surface area contributed by atoms with Gasteiger partial charge in [-0.15, -0.1) is 0 Å². The highest BCUT2D eigenvalue weighted by molar-refractivity contribution is 5.74. The molecule has 5 nitrogen and oxygen atoms in total. The Morgan fingerprint density at radius 3 is 2.48 bits per heavy atom. The number of nitrogens with one attached hydrogen (secondary N) is 1. The summed E-state index contributed by atoms with van der Waals surface area (Å²) in [6.45, 7) is 8.24. The molecule has 5 heteroatoms. The molecule has 1 saturated heterocycles. The van der Waals surface area contributed by atoms with Crippen LogP contribution in [0.1, 0.15) is 35.2 Å². The van der Waals surface area contributed by atoms with E-state index in [1.54, 1.807) is 12.1 Å². The van der Waals surface area contributed by atoms with Gasteiger partial charge in [-0.3, -0.25) is 4.90 Å².